The van der Waals surface area contributed by atoms with E-state index in [2.05, 4.69) is 27.5 Å². The van der Waals surface area contributed by atoms with E-state index in [9.17, 15) is 9.59 Å². The molecule has 9 heteroatoms. The van der Waals surface area contributed by atoms with Crippen LogP contribution in [0.1, 0.15) is 32.8 Å². The van der Waals surface area contributed by atoms with Crippen LogP contribution in [0.25, 0.3) is 22.4 Å². The van der Waals surface area contributed by atoms with Crippen molar-refractivity contribution in [2.24, 2.45) is 0 Å². The molecule has 0 spiro atoms. The predicted molar refractivity (Wildman–Crippen MR) is 120 cm³/mol. The number of nitrogens with zero attached hydrogens (tertiary/aromatic N) is 2. The molecule has 31 heavy (non-hydrogen) atoms. The number of hydrogen-bond acceptors (Lipinski definition) is 8. The topological polar surface area (TPSA) is 106 Å². The van der Waals surface area contributed by atoms with E-state index in [0.29, 0.717) is 29.3 Å². The number of oxazole rings is 1. The van der Waals surface area contributed by atoms with E-state index in [1.807, 2.05) is 38.1 Å². The molecule has 1 saturated heterocycles. The first kappa shape index (κ1) is 21.2. The van der Waals surface area contributed by atoms with Crippen LogP contribution in [0.2, 0.25) is 0 Å². The van der Waals surface area contributed by atoms with Crippen molar-refractivity contribution in [3.05, 3.63) is 36.0 Å². The Kier molecular flexibility index (Phi) is 6.13. The van der Waals surface area contributed by atoms with Gasteiger partial charge in [-0.05, 0) is 50.5 Å². The monoisotopic (exact) mass is 440 g/mol. The molecule has 4 rings (SSSR count). The minimum Gasteiger partial charge on any atom is -0.487 e. The van der Waals surface area contributed by atoms with Gasteiger partial charge in [0.25, 0.3) is 11.3 Å². The Morgan fingerprint density at radius 1 is 1.29 bits per heavy atom. The molecule has 1 unspecified atom stereocenters. The largest absolute Gasteiger partial charge is 0.487 e. The first-order chi connectivity index (χ1) is 14.9. The van der Waals surface area contributed by atoms with Crippen LogP contribution in [0.3, 0.4) is 0 Å². The Balaban J connectivity index is 1.61. The summed E-state index contributed by atoms with van der Waals surface area (Å²) in [6.07, 6.45) is 3.12. The Labute approximate surface area is 184 Å². The minimum absolute atomic E-state index is 0.0243. The van der Waals surface area contributed by atoms with Gasteiger partial charge in [-0.15, -0.1) is 0 Å². The summed E-state index contributed by atoms with van der Waals surface area (Å²) in [4.78, 5) is 32.2. The first-order valence-electron chi connectivity index (χ1n) is 10.2. The number of thioether (sulfide) groups is 1. The summed E-state index contributed by atoms with van der Waals surface area (Å²) in [5, 5.41) is 4.76. The zero-order chi connectivity index (χ0) is 22.0. The molecule has 0 aliphatic carbocycles. The zero-order valence-corrected chi connectivity index (χ0v) is 18.4. The number of aromatic nitrogens is 2. The van der Waals surface area contributed by atoms with Crippen LogP contribution in [0.4, 0.5) is 10.8 Å². The fourth-order valence-electron chi connectivity index (χ4n) is 3.26. The van der Waals surface area contributed by atoms with Gasteiger partial charge in [-0.3, -0.25) is 19.9 Å². The third kappa shape index (κ3) is 4.82. The number of nitrogens with one attached hydrogen (secondary N) is 2. The maximum absolute atomic E-state index is 11.8. The molecule has 3 heterocycles. The van der Waals surface area contributed by atoms with E-state index < -0.39 is 5.25 Å². The average molecular weight is 441 g/mol. The summed E-state index contributed by atoms with van der Waals surface area (Å²) < 4.78 is 11.8. The van der Waals surface area contributed by atoms with Gasteiger partial charge in [0.1, 0.15) is 5.52 Å². The van der Waals surface area contributed by atoms with Crippen molar-refractivity contribution in [1.29, 1.82) is 0 Å². The van der Waals surface area contributed by atoms with E-state index in [-0.39, 0.29) is 17.3 Å². The highest BCUT2D eigenvalue weighted by Gasteiger charge is 2.31. The number of pyridine rings is 1. The summed E-state index contributed by atoms with van der Waals surface area (Å²) in [6, 6.07) is 8.10. The second-order valence-electron chi connectivity index (χ2n) is 7.57. The summed E-state index contributed by atoms with van der Waals surface area (Å²) in [5.41, 5.74) is 3.79. The summed E-state index contributed by atoms with van der Waals surface area (Å²) in [5.74, 6) is 0.362. The van der Waals surface area contributed by atoms with Gasteiger partial charge in [-0.25, -0.2) is 0 Å². The second kappa shape index (κ2) is 8.97. The second-order valence-corrected chi connectivity index (χ2v) is 8.75. The molecule has 1 fully saturated rings. The molecule has 1 atom stereocenters. The molecule has 0 bridgehead atoms. The van der Waals surface area contributed by atoms with Crippen LogP contribution in [-0.4, -0.2) is 39.0 Å². The van der Waals surface area contributed by atoms with Crippen molar-refractivity contribution in [2.45, 2.75) is 45.0 Å². The van der Waals surface area contributed by atoms with E-state index in [4.69, 9.17) is 9.15 Å². The van der Waals surface area contributed by atoms with E-state index in [0.717, 1.165) is 41.5 Å². The number of carbonyl (C=O) groups is 2. The fourth-order valence-corrected chi connectivity index (χ4v) is 4.12. The lowest BCUT2D eigenvalue weighted by molar-refractivity contribution is -0.118. The molecule has 8 nitrogen and oxygen atoms in total. The van der Waals surface area contributed by atoms with Gasteiger partial charge in [-0.2, -0.15) is 4.98 Å². The van der Waals surface area contributed by atoms with Crippen LogP contribution < -0.4 is 15.4 Å². The number of hydrogen-bond donors (Lipinski definition) is 2. The summed E-state index contributed by atoms with van der Waals surface area (Å²) in [6.45, 7) is 6.76. The zero-order valence-electron chi connectivity index (χ0n) is 17.6. The lowest BCUT2D eigenvalue weighted by Crippen LogP contribution is -2.25. The molecule has 2 amide bonds. The number of rotatable bonds is 8. The van der Waals surface area contributed by atoms with Gasteiger partial charge in [0.2, 0.25) is 5.91 Å². The van der Waals surface area contributed by atoms with Gasteiger partial charge < -0.3 is 14.5 Å². The molecule has 0 radical (unpaired) electrons. The van der Waals surface area contributed by atoms with Gasteiger partial charge in [0.05, 0.1) is 17.0 Å². The maximum Gasteiger partial charge on any atom is 0.295 e. The minimum atomic E-state index is -0.410. The van der Waals surface area contributed by atoms with Crippen molar-refractivity contribution in [3.8, 4) is 17.0 Å². The highest BCUT2D eigenvalue weighted by Crippen LogP contribution is 2.34. The maximum atomic E-state index is 11.8. The number of anilines is 1. The smallest absolute Gasteiger partial charge is 0.295 e. The van der Waals surface area contributed by atoms with Gasteiger partial charge in [0, 0.05) is 18.3 Å². The normalized spacial score (nSPS) is 16.2. The van der Waals surface area contributed by atoms with Gasteiger partial charge in [-0.1, -0.05) is 24.8 Å². The number of ether oxygens (including phenoxy) is 1. The molecule has 2 N–H and O–H groups in total. The van der Waals surface area contributed by atoms with Gasteiger partial charge >= 0.3 is 0 Å². The fraction of sp³-hybridized carbons (Fsp3) is 0.364. The molecular weight excluding hydrogens is 416 g/mol. The first-order valence-corrected chi connectivity index (χ1v) is 11.1. The number of amides is 2. The number of carbonyl (C=O) groups excluding carboxylic acids is 2. The predicted octanol–water partition coefficient (Wildman–Crippen LogP) is 4.39. The SMILES string of the molecule is CCCNc1nc2cc(-c3ccc(CC4SC(=O)NC4=O)cn3)cc(OC(C)C)c2o1. The van der Waals surface area contributed by atoms with Crippen LogP contribution in [0.5, 0.6) is 5.75 Å². The van der Waals surface area contributed by atoms with Crippen LogP contribution in [0, 0.1) is 0 Å². The molecular formula is C22H24N4O4S. The third-order valence-electron chi connectivity index (χ3n) is 4.65. The van der Waals surface area contributed by atoms with Crippen LogP contribution >= 0.6 is 11.8 Å². The number of benzene rings is 1. The lowest BCUT2D eigenvalue weighted by Gasteiger charge is -2.11. The third-order valence-corrected chi connectivity index (χ3v) is 5.63. The number of imide groups is 1. The lowest BCUT2D eigenvalue weighted by atomic mass is 10.1. The Hall–Kier alpha value is -3.07. The van der Waals surface area contributed by atoms with Crippen LogP contribution in [0.15, 0.2) is 34.9 Å². The Bertz CT molecular complexity index is 1110. The highest BCUT2D eigenvalue weighted by molar-refractivity contribution is 8.15. The van der Waals surface area contributed by atoms with E-state index in [1.54, 1.807) is 6.20 Å². The van der Waals surface area contributed by atoms with Crippen molar-refractivity contribution >= 4 is 40.0 Å². The van der Waals surface area contributed by atoms with E-state index in [1.165, 1.54) is 0 Å². The highest BCUT2D eigenvalue weighted by atomic mass is 32.2. The summed E-state index contributed by atoms with van der Waals surface area (Å²) >= 11 is 1.02. The molecule has 1 aliphatic heterocycles. The molecule has 3 aromatic rings. The van der Waals surface area contributed by atoms with Crippen molar-refractivity contribution in [1.82, 2.24) is 15.3 Å². The number of fused-ring (bicyclic) bond motifs is 1. The molecule has 2 aromatic heterocycles. The average Bonchev–Trinajstić information content (AvgIpc) is 3.28. The standard InChI is InChI=1S/C22H24N4O4S/c1-4-7-23-21-25-16-9-14(10-17(19(16)30-21)29-12(2)3)15-6-5-13(11-24-15)8-18-20(27)26-22(28)31-18/h5-6,9-12,18H,4,7-8H2,1-3H3,(H,23,25)(H,26,27,28). The molecule has 162 valence electrons. The van der Waals surface area contributed by atoms with E-state index >= 15 is 0 Å². The van der Waals surface area contributed by atoms with Crippen molar-refractivity contribution in [3.63, 3.8) is 0 Å². The quantitative estimate of drug-likeness (QED) is 0.531. The molecule has 1 aromatic carbocycles. The Morgan fingerprint density at radius 2 is 2.13 bits per heavy atom. The summed E-state index contributed by atoms with van der Waals surface area (Å²) in [7, 11) is 0. The molecule has 1 aliphatic rings. The Morgan fingerprint density at radius 3 is 2.77 bits per heavy atom. The molecule has 0 saturated carbocycles. The van der Waals surface area contributed by atoms with Gasteiger partial charge in [0.15, 0.2) is 11.3 Å². The van der Waals surface area contributed by atoms with Crippen molar-refractivity contribution < 1.29 is 18.7 Å². The van der Waals surface area contributed by atoms with Crippen LogP contribution in [-0.2, 0) is 11.2 Å². The van der Waals surface area contributed by atoms with Crippen molar-refractivity contribution in [2.75, 3.05) is 11.9 Å².